The molecule has 1 heterocycles. The van der Waals surface area contributed by atoms with E-state index < -0.39 is 182 Å². The summed E-state index contributed by atoms with van der Waals surface area (Å²) in [6.45, 7) is 3.76. The third-order valence-electron chi connectivity index (χ3n) is 14.2. The minimum absolute atomic E-state index is 0.0122. The van der Waals surface area contributed by atoms with Crippen molar-refractivity contribution in [1.29, 1.82) is 0 Å². The van der Waals surface area contributed by atoms with Gasteiger partial charge in [0.2, 0.25) is 65.0 Å². The van der Waals surface area contributed by atoms with Crippen molar-refractivity contribution in [3.63, 3.8) is 0 Å². The van der Waals surface area contributed by atoms with Crippen LogP contribution in [0, 0.1) is 11.8 Å². The van der Waals surface area contributed by atoms with Crippen LogP contribution in [0.4, 0.5) is 0 Å². The molecule has 0 aliphatic carbocycles. The molecule has 1 aliphatic heterocycles. The number of carbonyl (C=O) groups excluding carboxylic acids is 11. The van der Waals surface area contributed by atoms with E-state index in [0.29, 0.717) is 11.1 Å². The highest BCUT2D eigenvalue weighted by molar-refractivity contribution is 7.98. The molecule has 0 unspecified atom stereocenters. The molecule has 11 atom stereocenters. The number of phenolic OH excluding ortho intramolecular Hbond substituents is 2. The molecule has 91 heavy (non-hydrogen) atoms. The van der Waals surface area contributed by atoms with Crippen LogP contribution >= 0.6 is 11.8 Å². The van der Waals surface area contributed by atoms with Crippen LogP contribution in [-0.4, -0.2) is 222 Å². The highest BCUT2D eigenvalue weighted by Crippen LogP contribution is 2.20. The molecule has 32 nitrogen and oxygen atoms in total. The van der Waals surface area contributed by atoms with Gasteiger partial charge in [0.15, 0.2) is 0 Å². The Balaban J connectivity index is 1.83. The summed E-state index contributed by atoms with van der Waals surface area (Å²) >= 11 is 1.23. The van der Waals surface area contributed by atoms with Crippen molar-refractivity contribution in [1.82, 2.24) is 52.8 Å². The average Bonchev–Trinajstić information content (AvgIpc) is 1.83. The summed E-state index contributed by atoms with van der Waals surface area (Å²) in [5.74, 6) is -14.7. The van der Waals surface area contributed by atoms with Gasteiger partial charge in [0, 0.05) is 25.8 Å². The largest absolute Gasteiger partial charge is 0.508 e. The fourth-order valence-corrected chi connectivity index (χ4v) is 9.91. The third kappa shape index (κ3) is 26.0. The number of amides is 11. The summed E-state index contributed by atoms with van der Waals surface area (Å²) in [5.41, 5.74) is 12.2. The number of nitrogens with one attached hydrogen (secondary N) is 9. The number of hydrogen-bond donors (Lipinski definition) is 18. The van der Waals surface area contributed by atoms with E-state index >= 15 is 0 Å². The summed E-state index contributed by atoms with van der Waals surface area (Å²) in [4.78, 5) is 175. The van der Waals surface area contributed by atoms with Crippen molar-refractivity contribution in [2.45, 2.75) is 158 Å². The lowest BCUT2D eigenvalue weighted by Crippen LogP contribution is -2.61. The van der Waals surface area contributed by atoms with Crippen LogP contribution in [0.15, 0.2) is 48.5 Å². The van der Waals surface area contributed by atoms with Crippen LogP contribution in [0.1, 0.15) is 90.2 Å². The van der Waals surface area contributed by atoms with Crippen molar-refractivity contribution in [2.24, 2.45) is 23.3 Å². The number of aliphatic hydroxyl groups is 3. The lowest BCUT2D eigenvalue weighted by molar-refractivity contribution is -0.143. The highest BCUT2D eigenvalue weighted by atomic mass is 32.2. The van der Waals surface area contributed by atoms with Crippen LogP contribution in [0.25, 0.3) is 0 Å². The van der Waals surface area contributed by atoms with Crippen LogP contribution in [-0.2, 0) is 75.2 Å². The Morgan fingerprint density at radius 3 is 1.37 bits per heavy atom. The number of aliphatic hydroxyl groups excluding tert-OH is 3. The van der Waals surface area contributed by atoms with E-state index in [2.05, 4.69) is 47.9 Å². The maximum absolute atomic E-state index is 14.3. The smallest absolute Gasteiger partial charge is 0.326 e. The highest BCUT2D eigenvalue weighted by Gasteiger charge is 2.41. The van der Waals surface area contributed by atoms with Crippen molar-refractivity contribution >= 4 is 88.7 Å². The molecular weight excluding hydrogens is 1220 g/mol. The average molecular weight is 1300 g/mol. The molecule has 3 rings (SSSR count). The molecule has 0 spiro atoms. The quantitative estimate of drug-likeness (QED) is 0.0299. The Hall–Kier alpha value is -8.66. The number of carbonyl (C=O) groups is 13. The molecule has 504 valence electrons. The summed E-state index contributed by atoms with van der Waals surface area (Å²) in [5, 5.41) is 91.4. The van der Waals surface area contributed by atoms with Crippen LogP contribution < -0.4 is 59.3 Å². The minimum atomic E-state index is -1.81. The second-order valence-electron chi connectivity index (χ2n) is 22.6. The molecule has 33 heteroatoms. The Morgan fingerprint density at radius 1 is 0.527 bits per heavy atom. The predicted molar refractivity (Wildman–Crippen MR) is 325 cm³/mol. The van der Waals surface area contributed by atoms with Crippen molar-refractivity contribution in [2.75, 3.05) is 38.4 Å². The molecule has 2 aromatic rings. The zero-order valence-electron chi connectivity index (χ0n) is 51.2. The standard InChI is InChI=1S/C58H86N12O20S/c1-29(2)21-35(59)48(79)63-38(23-31-8-12-33(74)13-9-31)52(83)67-42(26-71)55(86)69-44(28-73)57(88)70-19-6-7-45(70)56(87)68-43(27-72)54(85)62-37(18-20-91-5)50(81)64-39(24-32-10-14-34(75)15-11-32)51(82)61-36(16-17-47(77)78)49(80)65-40(25-46(60)76)53(84)66-41(58(89)90)22-30(3)4/h8-15,29-30,35-45,71-75H,6-7,16-28,59H2,1-5H3,(H2,60,76)(H,61,82)(H,62,85)(H,63,79)(H,64,81)(H,65,80)(H,66,84)(H,67,83)(H,68,87)(H,69,86)(H,77,78)(H,89,90)/t35-,36-,37-,38-,39-,40-,41-,42-,43-,44-,45-/m0/s1. The number of nitrogens with two attached hydrogens (primary N) is 2. The number of phenols is 2. The van der Waals surface area contributed by atoms with Gasteiger partial charge in [-0.05, 0) is 97.8 Å². The zero-order valence-corrected chi connectivity index (χ0v) is 52.0. The molecule has 2 aromatic carbocycles. The van der Waals surface area contributed by atoms with Crippen LogP contribution in [0.3, 0.4) is 0 Å². The van der Waals surface area contributed by atoms with E-state index in [1.165, 1.54) is 60.3 Å². The summed E-state index contributed by atoms with van der Waals surface area (Å²) < 4.78 is 0. The number of likely N-dealkylation sites (tertiary alicyclic amines) is 1. The maximum atomic E-state index is 14.3. The molecule has 0 aromatic heterocycles. The number of carboxylic acids is 2. The summed E-state index contributed by atoms with van der Waals surface area (Å²) in [6.07, 6.45) is -0.865. The van der Waals surface area contributed by atoms with Gasteiger partial charge in [-0.2, -0.15) is 11.8 Å². The molecule has 1 aliphatic rings. The number of hydrogen-bond acceptors (Lipinski definition) is 20. The van der Waals surface area contributed by atoms with E-state index in [9.17, 15) is 98.1 Å². The number of aromatic hydroxyl groups is 2. The normalized spacial score (nSPS) is 16.2. The van der Waals surface area contributed by atoms with E-state index in [-0.39, 0.29) is 80.6 Å². The third-order valence-corrected chi connectivity index (χ3v) is 14.9. The number of nitrogens with zero attached hydrogens (tertiary/aromatic N) is 1. The van der Waals surface area contributed by atoms with Gasteiger partial charge in [-0.25, -0.2) is 4.79 Å². The molecule has 0 saturated carbocycles. The first-order valence-corrected chi connectivity index (χ1v) is 30.7. The Morgan fingerprint density at radius 2 is 0.923 bits per heavy atom. The number of rotatable bonds is 39. The van der Waals surface area contributed by atoms with E-state index in [4.69, 9.17) is 11.5 Å². The first-order chi connectivity index (χ1) is 42.9. The van der Waals surface area contributed by atoms with Gasteiger partial charge >= 0.3 is 11.9 Å². The predicted octanol–water partition coefficient (Wildman–Crippen LogP) is -4.79. The molecular formula is C58H86N12O20S. The number of primary amides is 1. The molecule has 1 saturated heterocycles. The minimum Gasteiger partial charge on any atom is -0.508 e. The van der Waals surface area contributed by atoms with E-state index in [1.54, 1.807) is 20.1 Å². The fraction of sp³-hybridized carbons (Fsp3) is 0.569. The van der Waals surface area contributed by atoms with Crippen molar-refractivity contribution in [3.05, 3.63) is 59.7 Å². The second-order valence-corrected chi connectivity index (χ2v) is 23.6. The number of aliphatic carboxylic acids is 2. The van der Waals surface area contributed by atoms with Gasteiger partial charge in [-0.3, -0.25) is 57.5 Å². The number of benzene rings is 2. The molecule has 0 radical (unpaired) electrons. The lowest BCUT2D eigenvalue weighted by atomic mass is 10.0. The first kappa shape index (κ1) is 76.6. The molecule has 11 amide bonds. The Kier molecular flexibility index (Phi) is 32.1. The van der Waals surface area contributed by atoms with Gasteiger partial charge in [-0.15, -0.1) is 0 Å². The van der Waals surface area contributed by atoms with Gasteiger partial charge in [-0.1, -0.05) is 52.0 Å². The van der Waals surface area contributed by atoms with E-state index in [1.807, 2.05) is 13.8 Å². The van der Waals surface area contributed by atoms with Gasteiger partial charge in [0.1, 0.15) is 71.9 Å². The Labute approximate surface area is 528 Å². The van der Waals surface area contributed by atoms with Gasteiger partial charge < -0.3 is 100.0 Å². The van der Waals surface area contributed by atoms with Gasteiger partial charge in [0.25, 0.3) is 0 Å². The monoisotopic (exact) mass is 1300 g/mol. The topological polar surface area (TPSA) is 527 Å². The van der Waals surface area contributed by atoms with E-state index in [0.717, 1.165) is 4.90 Å². The summed E-state index contributed by atoms with van der Waals surface area (Å²) in [6, 6.07) is -6.41. The van der Waals surface area contributed by atoms with Crippen LogP contribution in [0.5, 0.6) is 11.5 Å². The molecule has 0 bridgehead atoms. The van der Waals surface area contributed by atoms with Crippen molar-refractivity contribution in [3.8, 4) is 11.5 Å². The number of thioether (sulfide) groups is 1. The number of carboxylic acid groups (broad SMARTS) is 2. The SMILES string of the molecule is CSCC[C@H](NC(=O)[C@H](CO)NC(=O)[C@@H]1CCCN1C(=O)[C@H](CO)NC(=O)[C@H](CO)NC(=O)[C@H](Cc1ccc(O)cc1)NC(=O)[C@@H](N)CC(C)C)C(=O)N[C@@H](Cc1ccc(O)cc1)C(=O)N[C@@H](CCC(=O)O)C(=O)N[C@@H](CC(N)=O)C(=O)N[C@@H](CC(C)C)C(=O)O. The van der Waals surface area contributed by atoms with Crippen LogP contribution in [0.2, 0.25) is 0 Å². The van der Waals surface area contributed by atoms with Crippen molar-refractivity contribution < 1.29 is 98.1 Å². The summed E-state index contributed by atoms with van der Waals surface area (Å²) in [7, 11) is 0. The Bertz CT molecular complexity index is 2850. The molecule has 20 N–H and O–H groups in total. The maximum Gasteiger partial charge on any atom is 0.326 e. The fourth-order valence-electron chi connectivity index (χ4n) is 9.44. The van der Waals surface area contributed by atoms with Gasteiger partial charge in [0.05, 0.1) is 32.3 Å². The zero-order chi connectivity index (χ0) is 68.2. The second kappa shape index (κ2) is 38.1. The first-order valence-electron chi connectivity index (χ1n) is 29.3. The lowest BCUT2D eigenvalue weighted by Gasteiger charge is -2.30. The molecule has 1 fully saturated rings.